The summed E-state index contributed by atoms with van der Waals surface area (Å²) in [6, 6.07) is 53.3. The van der Waals surface area contributed by atoms with Crippen molar-refractivity contribution in [3.8, 4) is 0 Å². The molecule has 2 aliphatic heterocycles. The number of para-hydroxylation sites is 2. The van der Waals surface area contributed by atoms with Crippen LogP contribution in [0.25, 0.3) is 21.5 Å². The third-order valence-electron chi connectivity index (χ3n) is 9.55. The quantitative estimate of drug-likeness (QED) is 0.201. The van der Waals surface area contributed by atoms with Crippen LogP contribution in [0.5, 0.6) is 0 Å². The molecule has 7 aromatic carbocycles. The summed E-state index contributed by atoms with van der Waals surface area (Å²) < 4.78 is 0. The van der Waals surface area contributed by atoms with Crippen molar-refractivity contribution in [2.24, 2.45) is 0 Å². The van der Waals surface area contributed by atoms with Crippen molar-refractivity contribution >= 4 is 84.5 Å². The molecule has 0 amide bonds. The summed E-state index contributed by atoms with van der Waals surface area (Å²) in [5.41, 5.74) is 12.5. The van der Waals surface area contributed by atoms with Gasteiger partial charge < -0.3 is 14.7 Å². The van der Waals surface area contributed by atoms with Gasteiger partial charge in [-0.05, 0) is 86.5 Å². The van der Waals surface area contributed by atoms with Gasteiger partial charge in [0.15, 0.2) is 0 Å². The molecule has 0 atom stereocenters. The van der Waals surface area contributed by atoms with Gasteiger partial charge in [-0.3, -0.25) is 0 Å². The second-order valence-corrected chi connectivity index (χ2v) is 12.0. The van der Waals surface area contributed by atoms with E-state index in [9.17, 15) is 0 Å². The van der Waals surface area contributed by atoms with Gasteiger partial charge in [0.2, 0.25) is 0 Å². The van der Waals surface area contributed by atoms with Crippen LogP contribution in [-0.2, 0) is 0 Å². The van der Waals surface area contributed by atoms with E-state index in [-0.39, 0.29) is 6.71 Å². The average Bonchev–Trinajstić information content (AvgIpc) is 3.08. The second-order valence-electron chi connectivity index (χ2n) is 12.0. The summed E-state index contributed by atoms with van der Waals surface area (Å²) >= 11 is 0. The molecule has 0 aromatic heterocycles. The predicted octanol–water partition coefficient (Wildman–Crippen LogP) is 8.14. The number of benzene rings is 7. The fraction of sp³-hybridized carbons (Fsp3) is 0.0500. The number of rotatable bonds is 3. The minimum absolute atomic E-state index is 0.127. The summed E-state index contributed by atoms with van der Waals surface area (Å²) in [5.74, 6) is 0. The molecule has 2 heterocycles. The van der Waals surface area contributed by atoms with Crippen molar-refractivity contribution < 1.29 is 0 Å². The summed E-state index contributed by atoms with van der Waals surface area (Å²) in [6.45, 7) is 0.127. The van der Waals surface area contributed by atoms with Crippen molar-refractivity contribution in [2.45, 2.75) is 0 Å². The Bertz CT molecular complexity index is 2070. The molecule has 0 fully saturated rings. The molecule has 44 heavy (non-hydrogen) atoms. The molecule has 4 heteroatoms. The van der Waals surface area contributed by atoms with Crippen LogP contribution in [0, 0.1) is 0 Å². The molecule has 7 aromatic rings. The highest BCUT2D eigenvalue weighted by Crippen LogP contribution is 2.43. The van der Waals surface area contributed by atoms with Crippen molar-refractivity contribution in [3.05, 3.63) is 146 Å². The largest absolute Gasteiger partial charge is 0.345 e. The van der Waals surface area contributed by atoms with Crippen LogP contribution in [0.1, 0.15) is 0 Å². The standard InChI is InChI=1S/C40H30BN3/c1-42-36-23-29-15-11-9-13-27(29)21-34(36)41-35-22-28-14-10-12-16-30(28)24-37(35)43(2)39-26-33(25-38(42)40(39)41)44(31-17-5-3-6-18-31)32-19-7-4-8-20-32/h3-26H,1-2H3. The Labute approximate surface area is 258 Å². The molecular formula is C40H30BN3. The van der Waals surface area contributed by atoms with Gasteiger partial charge in [0.25, 0.3) is 6.71 Å². The monoisotopic (exact) mass is 563 g/mol. The van der Waals surface area contributed by atoms with E-state index in [2.05, 4.69) is 174 Å². The molecule has 0 spiro atoms. The van der Waals surface area contributed by atoms with Gasteiger partial charge in [0.05, 0.1) is 5.69 Å². The van der Waals surface area contributed by atoms with Crippen molar-refractivity contribution in [1.29, 1.82) is 0 Å². The van der Waals surface area contributed by atoms with Gasteiger partial charge in [-0.25, -0.2) is 0 Å². The van der Waals surface area contributed by atoms with E-state index >= 15 is 0 Å². The van der Waals surface area contributed by atoms with Crippen molar-refractivity contribution in [3.63, 3.8) is 0 Å². The second kappa shape index (κ2) is 9.52. The Kier molecular flexibility index (Phi) is 5.42. The first-order valence-corrected chi connectivity index (χ1v) is 15.3. The average molecular weight is 564 g/mol. The topological polar surface area (TPSA) is 9.72 Å². The molecule has 0 saturated heterocycles. The van der Waals surface area contributed by atoms with E-state index in [1.165, 1.54) is 60.7 Å². The van der Waals surface area contributed by atoms with E-state index < -0.39 is 0 Å². The number of fused-ring (bicyclic) bond motifs is 6. The Morgan fingerprint density at radius 3 is 1.23 bits per heavy atom. The maximum absolute atomic E-state index is 2.43. The Balaban J connectivity index is 1.36. The van der Waals surface area contributed by atoms with Gasteiger partial charge in [0.1, 0.15) is 0 Å². The van der Waals surface area contributed by atoms with Crippen LogP contribution in [-0.4, -0.2) is 20.8 Å². The fourth-order valence-electron chi connectivity index (χ4n) is 7.46. The highest BCUT2D eigenvalue weighted by atomic mass is 15.2. The SMILES string of the molecule is CN1c2cc3ccccc3cc2B2c3cc4ccccc4cc3N(C)c3cc(N(c4ccccc4)c4ccccc4)cc1c32. The van der Waals surface area contributed by atoms with Crippen LogP contribution in [0.4, 0.5) is 39.8 Å². The molecular weight excluding hydrogens is 533 g/mol. The van der Waals surface area contributed by atoms with Gasteiger partial charge in [-0.2, -0.15) is 0 Å². The Morgan fingerprint density at radius 1 is 0.409 bits per heavy atom. The van der Waals surface area contributed by atoms with Gasteiger partial charge in [0, 0.05) is 48.2 Å². The normalized spacial score (nSPS) is 13.1. The lowest BCUT2D eigenvalue weighted by Crippen LogP contribution is -2.61. The number of nitrogens with zero attached hydrogens (tertiary/aromatic N) is 3. The molecule has 9 rings (SSSR count). The maximum Gasteiger partial charge on any atom is 0.252 e. The summed E-state index contributed by atoms with van der Waals surface area (Å²) in [5, 5.41) is 5.09. The summed E-state index contributed by atoms with van der Waals surface area (Å²) in [4.78, 5) is 7.20. The number of anilines is 7. The van der Waals surface area contributed by atoms with E-state index in [4.69, 9.17) is 0 Å². The third kappa shape index (κ3) is 3.64. The zero-order valence-electron chi connectivity index (χ0n) is 24.8. The maximum atomic E-state index is 2.43. The van der Waals surface area contributed by atoms with Crippen LogP contribution >= 0.6 is 0 Å². The highest BCUT2D eigenvalue weighted by Gasteiger charge is 2.42. The lowest BCUT2D eigenvalue weighted by molar-refractivity contribution is 1.17. The first-order chi connectivity index (χ1) is 21.7. The van der Waals surface area contributed by atoms with Crippen LogP contribution in [0.15, 0.2) is 146 Å². The highest BCUT2D eigenvalue weighted by molar-refractivity contribution is 7.00. The molecule has 208 valence electrons. The van der Waals surface area contributed by atoms with Gasteiger partial charge in [-0.1, -0.05) is 97.1 Å². The molecule has 0 bridgehead atoms. The van der Waals surface area contributed by atoms with Crippen molar-refractivity contribution in [1.82, 2.24) is 0 Å². The minimum atomic E-state index is 0.127. The van der Waals surface area contributed by atoms with E-state index in [1.54, 1.807) is 0 Å². The van der Waals surface area contributed by atoms with Crippen LogP contribution < -0.4 is 31.1 Å². The van der Waals surface area contributed by atoms with Crippen molar-refractivity contribution in [2.75, 3.05) is 28.8 Å². The Morgan fingerprint density at radius 2 is 0.795 bits per heavy atom. The van der Waals surface area contributed by atoms with Gasteiger partial charge >= 0.3 is 0 Å². The summed E-state index contributed by atoms with van der Waals surface area (Å²) in [7, 11) is 4.46. The lowest BCUT2D eigenvalue weighted by atomic mass is 9.33. The zero-order valence-corrected chi connectivity index (χ0v) is 24.8. The predicted molar refractivity (Wildman–Crippen MR) is 190 cm³/mol. The van der Waals surface area contributed by atoms with E-state index in [0.717, 1.165) is 17.1 Å². The lowest BCUT2D eigenvalue weighted by Gasteiger charge is -2.43. The third-order valence-corrected chi connectivity index (χ3v) is 9.55. The molecule has 0 N–H and O–H groups in total. The zero-order chi connectivity index (χ0) is 29.4. The smallest absolute Gasteiger partial charge is 0.252 e. The molecule has 2 aliphatic rings. The Hall–Kier alpha value is -5.48. The number of hydrogen-bond acceptors (Lipinski definition) is 3. The fourth-order valence-corrected chi connectivity index (χ4v) is 7.46. The summed E-state index contributed by atoms with van der Waals surface area (Å²) in [6.07, 6.45) is 0. The van der Waals surface area contributed by atoms with E-state index in [1.807, 2.05) is 0 Å². The molecule has 0 saturated carbocycles. The molecule has 0 aliphatic carbocycles. The van der Waals surface area contributed by atoms with E-state index in [0.29, 0.717) is 0 Å². The van der Waals surface area contributed by atoms with Gasteiger partial charge in [-0.15, -0.1) is 0 Å². The molecule has 0 radical (unpaired) electrons. The first kappa shape index (κ1) is 25.1. The molecule has 0 unspecified atom stereocenters. The number of hydrogen-bond donors (Lipinski definition) is 0. The first-order valence-electron chi connectivity index (χ1n) is 15.3. The van der Waals surface area contributed by atoms with Crippen LogP contribution in [0.3, 0.4) is 0 Å². The molecule has 3 nitrogen and oxygen atoms in total. The van der Waals surface area contributed by atoms with Crippen LogP contribution in [0.2, 0.25) is 0 Å². The minimum Gasteiger partial charge on any atom is -0.345 e.